The van der Waals surface area contributed by atoms with E-state index in [-0.39, 0.29) is 34.7 Å². The van der Waals surface area contributed by atoms with Crippen LogP contribution in [-0.4, -0.2) is 175 Å². The van der Waals surface area contributed by atoms with Crippen molar-refractivity contribution in [2.24, 2.45) is 29.4 Å². The quantitative estimate of drug-likeness (QED) is 0.0640. The van der Waals surface area contributed by atoms with Gasteiger partial charge < -0.3 is 67.6 Å². The van der Waals surface area contributed by atoms with Gasteiger partial charge in [-0.2, -0.15) is 0 Å². The van der Waals surface area contributed by atoms with Gasteiger partial charge in [0.25, 0.3) is 0 Å². The minimum absolute atomic E-state index is 0.0521. The maximum atomic E-state index is 15.0. The van der Waals surface area contributed by atoms with Crippen LogP contribution in [0, 0.1) is 23.7 Å². The molecule has 75 heavy (non-hydrogen) atoms. The molecule has 4 unspecified atom stereocenters. The summed E-state index contributed by atoms with van der Waals surface area (Å²) in [6.45, 7) is 2.89. The molecule has 414 valence electrons. The van der Waals surface area contributed by atoms with E-state index in [4.69, 9.17) is 10.5 Å². The van der Waals surface area contributed by atoms with Crippen molar-refractivity contribution in [3.8, 4) is 5.75 Å². The van der Waals surface area contributed by atoms with Crippen molar-refractivity contribution in [1.82, 2.24) is 41.8 Å². The molecule has 3 aliphatic rings. The summed E-state index contributed by atoms with van der Waals surface area (Å²) >= 11 is 3.11. The van der Waals surface area contributed by atoms with Gasteiger partial charge in [-0.05, 0) is 42.9 Å². The first kappa shape index (κ1) is 60.0. The number of hydrogen-bond donors (Lipinski definition) is 11. The topological polar surface area (TPSA) is 375 Å². The molecule has 0 saturated carbocycles. The number of nitrogens with two attached hydrogens (primary N) is 1. The number of Topliss-reactive ketones (excluding diaryl/α,β-unsaturated/α-hetero) is 2. The lowest BCUT2D eigenvalue weighted by molar-refractivity contribution is -0.145. The van der Waals surface area contributed by atoms with Gasteiger partial charge in [0.1, 0.15) is 22.9 Å². The average Bonchev–Trinajstić information content (AvgIpc) is 3.96. The van der Waals surface area contributed by atoms with E-state index in [2.05, 4.69) is 52.8 Å². The Labute approximate surface area is 444 Å². The molecule has 1 saturated heterocycles. The third kappa shape index (κ3) is 16.6. The van der Waals surface area contributed by atoms with E-state index in [1.165, 1.54) is 6.92 Å². The van der Waals surface area contributed by atoms with Crippen molar-refractivity contribution in [1.29, 1.82) is 0 Å². The fourth-order valence-electron chi connectivity index (χ4n) is 9.39. The first-order valence-electron chi connectivity index (χ1n) is 25.2. The number of aliphatic hydroxyl groups is 3. The number of fused-ring (bicyclic) bond motifs is 5. The summed E-state index contributed by atoms with van der Waals surface area (Å²) in [5.74, 6) is -13.3. The van der Waals surface area contributed by atoms with Gasteiger partial charge in [0.2, 0.25) is 47.3 Å². The van der Waals surface area contributed by atoms with E-state index in [1.807, 2.05) is 0 Å². The maximum Gasteiger partial charge on any atom is 0.243 e. The van der Waals surface area contributed by atoms with Crippen LogP contribution in [0.15, 0.2) is 23.2 Å². The highest BCUT2D eigenvalue weighted by molar-refractivity contribution is 9.09. The zero-order valence-electron chi connectivity index (χ0n) is 42.3. The molecule has 0 aliphatic carbocycles. The number of halogens is 1. The summed E-state index contributed by atoms with van der Waals surface area (Å²) in [6, 6.07) is -1.17. The summed E-state index contributed by atoms with van der Waals surface area (Å²) in [7, 11) is -2.32. The number of carbonyl (C=O) groups excluding carboxylic acids is 10. The van der Waals surface area contributed by atoms with Gasteiger partial charge in [0.15, 0.2) is 11.6 Å². The van der Waals surface area contributed by atoms with Gasteiger partial charge in [-0.15, -0.1) is 0 Å². The largest absolute Gasteiger partial charge is 0.494 e. The minimum atomic E-state index is -2.32. The van der Waals surface area contributed by atoms with E-state index in [0.717, 1.165) is 24.2 Å². The maximum absolute atomic E-state index is 15.0. The molecule has 1 aromatic carbocycles. The molecule has 12 N–H and O–H groups in total. The number of primary amides is 1. The van der Waals surface area contributed by atoms with Crippen molar-refractivity contribution >= 4 is 96.5 Å². The van der Waals surface area contributed by atoms with Gasteiger partial charge in [-0.1, -0.05) is 56.0 Å². The Morgan fingerprint density at radius 3 is 2.28 bits per heavy atom. The molecule has 0 radical (unpaired) electrons. The molecule has 5 rings (SSSR count). The molecule has 3 aliphatic heterocycles. The number of carbonyl (C=O) groups is 10. The highest BCUT2D eigenvalue weighted by atomic mass is 79.9. The van der Waals surface area contributed by atoms with Gasteiger partial charge >= 0.3 is 0 Å². The summed E-state index contributed by atoms with van der Waals surface area (Å²) in [4.78, 5) is 142. The lowest BCUT2D eigenvalue weighted by Gasteiger charge is -2.32. The standard InChI is InChI=1S/C49H70BrN9O15S/c1-4-25(2)43-47(71)54-20-41(67)55-34-24-75(73)48-32(31-10-9-30(18-33(31)56-48)74-12-8-6-5-7-11-52-40(66)19-50)13-27(45(69)53-21-42(68)57-43)14-37(63)44(26(3)38(64)23-60)58-46(70)35-17-29(61)22-59(35)49(72)28(15-36(34)62)16-39(51)65/h9-10,18,25-29,34-35,38,43-44,56,60-61,64H,4-8,11-17,19-24H2,1-3H3,(H2,51,65)(H,52,66)(H,53,69)(H,54,71)(H,55,67)(H,57,68)(H,58,70)/t25-,26-,27?,28-,29?,34?,35-,38-,43-,44-,75?/m0/s1. The Kier molecular flexibility index (Phi) is 22.7. The van der Waals surface area contributed by atoms with Crippen molar-refractivity contribution in [3.63, 3.8) is 0 Å². The van der Waals surface area contributed by atoms with Crippen molar-refractivity contribution in [2.45, 2.75) is 126 Å². The smallest absolute Gasteiger partial charge is 0.243 e. The molecule has 1 fully saturated rings. The SMILES string of the molecule is CC[C@H](C)[C@@H]1NC(=O)CNC(=O)C2CC(=O)[C@H]([C@@H](C)[C@@H](O)CO)NC(=O)[C@@H]3CC(O)CN3C(=O)[C@H](CC(N)=O)CC(=O)C(CS(=O)c3[nH]c4cc(OCCCCCCNC(=O)CBr)ccc4c3C2)NC(=O)CNC1=O. The first-order chi connectivity index (χ1) is 35.6. The number of ether oxygens (including phenoxy) is 1. The monoisotopic (exact) mass is 1140 g/mol. The number of ketones is 2. The number of aromatic nitrogens is 1. The number of aromatic amines is 1. The molecule has 11 atom stereocenters. The number of nitrogens with zero attached hydrogens (tertiary/aromatic N) is 1. The summed E-state index contributed by atoms with van der Waals surface area (Å²) < 4.78 is 21.1. The highest BCUT2D eigenvalue weighted by Crippen LogP contribution is 2.33. The molecule has 1 aromatic heterocycles. The highest BCUT2D eigenvalue weighted by Gasteiger charge is 2.45. The average molecular weight is 1140 g/mol. The fourth-order valence-corrected chi connectivity index (χ4v) is 11.0. The summed E-state index contributed by atoms with van der Waals surface area (Å²) in [5, 5.41) is 47.8. The number of amides is 8. The lowest BCUT2D eigenvalue weighted by Crippen LogP contribution is -2.56. The number of nitrogens with one attached hydrogen (secondary N) is 7. The van der Waals surface area contributed by atoms with E-state index in [0.29, 0.717) is 42.6 Å². The molecule has 4 heterocycles. The number of H-pyrrole nitrogens is 1. The molecule has 24 nitrogen and oxygen atoms in total. The van der Waals surface area contributed by atoms with Crippen LogP contribution in [0.2, 0.25) is 0 Å². The zero-order chi connectivity index (χ0) is 55.1. The van der Waals surface area contributed by atoms with Gasteiger partial charge in [-0.25, -0.2) is 0 Å². The molecule has 26 heteroatoms. The van der Waals surface area contributed by atoms with Crippen LogP contribution in [0.3, 0.4) is 0 Å². The lowest BCUT2D eigenvalue weighted by atomic mass is 9.85. The van der Waals surface area contributed by atoms with E-state index >= 15 is 0 Å². The molecular formula is C49H70BrN9O15S. The van der Waals surface area contributed by atoms with Crippen LogP contribution >= 0.6 is 15.9 Å². The van der Waals surface area contributed by atoms with Crippen molar-refractivity contribution < 1.29 is 72.2 Å². The Bertz CT molecular complexity index is 2480. The number of benzene rings is 1. The van der Waals surface area contributed by atoms with Crippen LogP contribution in [0.1, 0.15) is 84.1 Å². The number of unbranched alkanes of at least 4 members (excludes halogenated alkanes) is 3. The zero-order valence-corrected chi connectivity index (χ0v) is 44.7. The molecule has 8 amide bonds. The van der Waals surface area contributed by atoms with E-state index in [9.17, 15) is 67.5 Å². The number of rotatable bonds is 16. The van der Waals surface area contributed by atoms with Crippen molar-refractivity contribution in [3.05, 3.63) is 23.8 Å². The molecule has 2 aromatic rings. The second-order valence-electron chi connectivity index (χ2n) is 19.5. The Morgan fingerprint density at radius 2 is 1.60 bits per heavy atom. The van der Waals surface area contributed by atoms with Crippen molar-refractivity contribution in [2.75, 3.05) is 50.5 Å². The molecule has 2 bridgehead atoms. The predicted octanol–water partition coefficient (Wildman–Crippen LogP) is -1.99. The third-order valence-corrected chi connectivity index (χ3v) is 15.8. The minimum Gasteiger partial charge on any atom is -0.494 e. The third-order valence-electron chi connectivity index (χ3n) is 13.9. The van der Waals surface area contributed by atoms with E-state index < -0.39 is 175 Å². The summed E-state index contributed by atoms with van der Waals surface area (Å²) in [5.41, 5.74) is 6.15. The van der Waals surface area contributed by atoms with E-state index in [1.54, 1.807) is 32.0 Å². The Hall–Kier alpha value is -5.83. The Morgan fingerprint density at radius 1 is 0.907 bits per heavy atom. The number of hydrogen-bond acceptors (Lipinski definition) is 15. The number of alkyl halides is 1. The normalized spacial score (nSPS) is 26.1. The molecular weight excluding hydrogens is 1070 g/mol. The molecule has 0 spiro atoms. The van der Waals surface area contributed by atoms with Gasteiger partial charge in [0.05, 0.1) is 83.9 Å². The van der Waals surface area contributed by atoms with Gasteiger partial charge in [0, 0.05) is 62.1 Å². The van der Waals surface area contributed by atoms with Crippen LogP contribution < -0.4 is 42.4 Å². The second kappa shape index (κ2) is 28.3. The Balaban J connectivity index is 1.66. The number of aliphatic hydroxyl groups excluding tert-OH is 3. The van der Waals surface area contributed by atoms with Gasteiger partial charge in [-0.3, -0.25) is 52.2 Å². The predicted molar refractivity (Wildman–Crippen MR) is 274 cm³/mol. The summed E-state index contributed by atoms with van der Waals surface area (Å²) in [6.07, 6.45) is -2.47. The van der Waals surface area contributed by atoms with Crippen LogP contribution in [-0.2, 0) is 65.2 Å². The fraction of sp³-hybridized carbons (Fsp3) is 0.633. The van der Waals surface area contributed by atoms with Crippen LogP contribution in [0.4, 0.5) is 0 Å². The second-order valence-corrected chi connectivity index (χ2v) is 21.5. The first-order valence-corrected chi connectivity index (χ1v) is 27.6. The van der Waals surface area contributed by atoms with Crippen LogP contribution in [0.25, 0.3) is 10.9 Å². The van der Waals surface area contributed by atoms with Crippen LogP contribution in [0.5, 0.6) is 5.75 Å².